The minimum Gasteiger partial charge on any atom is -0.339 e. The molecule has 0 N–H and O–H groups in total. The van der Waals surface area contributed by atoms with E-state index in [1.165, 1.54) is 0 Å². The van der Waals surface area contributed by atoms with E-state index in [0.29, 0.717) is 50.9 Å². The van der Waals surface area contributed by atoms with Crippen LogP contribution in [0.1, 0.15) is 37.6 Å². The van der Waals surface area contributed by atoms with Gasteiger partial charge in [-0.3, -0.25) is 9.69 Å². The van der Waals surface area contributed by atoms with Gasteiger partial charge < -0.3 is 9.42 Å². The highest BCUT2D eigenvalue weighted by molar-refractivity contribution is 7.92. The number of rotatable bonds is 9. The molecule has 1 saturated heterocycles. The quantitative estimate of drug-likeness (QED) is 0.559. The predicted molar refractivity (Wildman–Crippen MR) is 115 cm³/mol. The Morgan fingerprint density at radius 1 is 1.13 bits per heavy atom. The van der Waals surface area contributed by atoms with Gasteiger partial charge in [-0.25, -0.2) is 8.42 Å². The van der Waals surface area contributed by atoms with Gasteiger partial charge in [0.2, 0.25) is 17.6 Å². The third-order valence-electron chi connectivity index (χ3n) is 5.34. The second-order valence-corrected chi connectivity index (χ2v) is 9.97. The fourth-order valence-corrected chi connectivity index (χ4v) is 4.87. The van der Waals surface area contributed by atoms with Crippen LogP contribution >= 0.6 is 0 Å². The standard InChI is InChI=1S/C21H30N4O4S/c1-3-4-7-14-30(27,28)16-20(26)25-12-10-24(11-13-25)15-19-22-21(23-29-19)18-9-6-5-8-17(18)2/h5-6,8-9H,3-4,7,10-16H2,1-2H3. The molecule has 2 aromatic rings. The van der Waals surface area contributed by atoms with Crippen LogP contribution < -0.4 is 0 Å². The molecule has 0 spiro atoms. The van der Waals surface area contributed by atoms with E-state index in [-0.39, 0.29) is 17.4 Å². The first-order chi connectivity index (χ1) is 14.4. The fourth-order valence-electron chi connectivity index (χ4n) is 3.52. The maximum absolute atomic E-state index is 12.4. The van der Waals surface area contributed by atoms with Gasteiger partial charge in [-0.15, -0.1) is 0 Å². The van der Waals surface area contributed by atoms with Gasteiger partial charge in [-0.1, -0.05) is 49.2 Å². The summed E-state index contributed by atoms with van der Waals surface area (Å²) in [6.07, 6.45) is 2.44. The Hall–Kier alpha value is -2.26. The van der Waals surface area contributed by atoms with Crippen LogP contribution in [-0.2, 0) is 21.2 Å². The van der Waals surface area contributed by atoms with E-state index in [9.17, 15) is 13.2 Å². The van der Waals surface area contributed by atoms with Crippen molar-refractivity contribution >= 4 is 15.7 Å². The zero-order valence-corrected chi connectivity index (χ0v) is 18.5. The van der Waals surface area contributed by atoms with Gasteiger partial charge in [0.15, 0.2) is 9.84 Å². The summed E-state index contributed by atoms with van der Waals surface area (Å²) in [6, 6.07) is 7.88. The highest BCUT2D eigenvalue weighted by Gasteiger charge is 2.26. The molecular formula is C21H30N4O4S. The number of hydrogen-bond donors (Lipinski definition) is 0. The van der Waals surface area contributed by atoms with E-state index in [1.807, 2.05) is 38.1 Å². The Balaban J connectivity index is 1.48. The zero-order chi connectivity index (χ0) is 21.6. The van der Waals surface area contributed by atoms with Crippen molar-refractivity contribution in [3.63, 3.8) is 0 Å². The molecule has 0 unspecified atom stereocenters. The lowest BCUT2D eigenvalue weighted by Gasteiger charge is -2.33. The van der Waals surface area contributed by atoms with E-state index in [2.05, 4.69) is 15.0 Å². The van der Waals surface area contributed by atoms with E-state index in [0.717, 1.165) is 24.0 Å². The first kappa shape index (κ1) is 22.4. The molecule has 1 aliphatic heterocycles. The zero-order valence-electron chi connectivity index (χ0n) is 17.7. The predicted octanol–water partition coefficient (Wildman–Crippen LogP) is 2.29. The van der Waals surface area contributed by atoms with E-state index in [4.69, 9.17) is 4.52 Å². The van der Waals surface area contributed by atoms with E-state index >= 15 is 0 Å². The summed E-state index contributed by atoms with van der Waals surface area (Å²) in [5.41, 5.74) is 2.03. The topological polar surface area (TPSA) is 96.6 Å². The van der Waals surface area contributed by atoms with Crippen LogP contribution in [0.5, 0.6) is 0 Å². The number of piperazine rings is 1. The Bertz CT molecular complexity index is 949. The third kappa shape index (κ3) is 6.12. The molecule has 1 aromatic heterocycles. The lowest BCUT2D eigenvalue weighted by atomic mass is 10.1. The van der Waals surface area contributed by atoms with Crippen LogP contribution in [0.3, 0.4) is 0 Å². The second-order valence-electron chi connectivity index (χ2n) is 7.78. The number of benzene rings is 1. The summed E-state index contributed by atoms with van der Waals surface area (Å²) in [4.78, 5) is 20.7. The van der Waals surface area contributed by atoms with Gasteiger partial charge in [0.1, 0.15) is 5.75 Å². The Morgan fingerprint density at radius 2 is 1.87 bits per heavy atom. The van der Waals surface area contributed by atoms with Gasteiger partial charge in [0.05, 0.1) is 12.3 Å². The van der Waals surface area contributed by atoms with Gasteiger partial charge in [-0.2, -0.15) is 4.98 Å². The molecule has 8 nitrogen and oxygen atoms in total. The third-order valence-corrected chi connectivity index (χ3v) is 6.94. The van der Waals surface area contributed by atoms with Crippen LogP contribution in [0.4, 0.5) is 0 Å². The van der Waals surface area contributed by atoms with Gasteiger partial charge in [0.25, 0.3) is 0 Å². The summed E-state index contributed by atoms with van der Waals surface area (Å²) in [5.74, 6) is 0.509. The normalized spacial score (nSPS) is 15.5. The lowest BCUT2D eigenvalue weighted by molar-refractivity contribution is -0.130. The summed E-state index contributed by atoms with van der Waals surface area (Å²) in [7, 11) is -3.33. The number of nitrogens with zero attached hydrogens (tertiary/aromatic N) is 4. The number of aromatic nitrogens is 2. The molecule has 30 heavy (non-hydrogen) atoms. The monoisotopic (exact) mass is 434 g/mol. The molecule has 164 valence electrons. The molecule has 1 aliphatic rings. The maximum atomic E-state index is 12.4. The van der Waals surface area contributed by atoms with Crippen LogP contribution in [0, 0.1) is 6.92 Å². The van der Waals surface area contributed by atoms with Crippen molar-refractivity contribution in [3.8, 4) is 11.4 Å². The molecule has 0 radical (unpaired) electrons. The van der Waals surface area contributed by atoms with Crippen molar-refractivity contribution in [3.05, 3.63) is 35.7 Å². The molecular weight excluding hydrogens is 404 g/mol. The van der Waals surface area contributed by atoms with Crippen molar-refractivity contribution < 1.29 is 17.7 Å². The maximum Gasteiger partial charge on any atom is 0.241 e. The molecule has 2 heterocycles. The molecule has 0 aliphatic carbocycles. The molecule has 0 bridgehead atoms. The van der Waals surface area contributed by atoms with Crippen molar-refractivity contribution in [1.29, 1.82) is 0 Å². The summed E-state index contributed by atoms with van der Waals surface area (Å²) < 4.78 is 29.6. The molecule has 1 amide bonds. The highest BCUT2D eigenvalue weighted by Crippen LogP contribution is 2.20. The number of amides is 1. The molecule has 3 rings (SSSR count). The molecule has 1 aromatic carbocycles. The number of hydrogen-bond acceptors (Lipinski definition) is 7. The van der Waals surface area contributed by atoms with Gasteiger partial charge in [0, 0.05) is 31.7 Å². The van der Waals surface area contributed by atoms with Crippen molar-refractivity contribution in [2.45, 2.75) is 39.7 Å². The average molecular weight is 435 g/mol. The van der Waals surface area contributed by atoms with Crippen molar-refractivity contribution in [1.82, 2.24) is 19.9 Å². The smallest absolute Gasteiger partial charge is 0.241 e. The first-order valence-corrected chi connectivity index (χ1v) is 12.3. The lowest BCUT2D eigenvalue weighted by Crippen LogP contribution is -2.49. The molecule has 0 atom stereocenters. The van der Waals surface area contributed by atoms with Gasteiger partial charge in [-0.05, 0) is 18.9 Å². The number of unbranched alkanes of at least 4 members (excludes halogenated alkanes) is 2. The Kier molecular flexibility index (Phi) is 7.60. The summed E-state index contributed by atoms with van der Waals surface area (Å²) in [6.45, 7) is 6.83. The Labute approximate surface area is 178 Å². The van der Waals surface area contributed by atoms with Crippen LogP contribution in [0.25, 0.3) is 11.4 Å². The minimum atomic E-state index is -3.33. The van der Waals surface area contributed by atoms with Gasteiger partial charge >= 0.3 is 0 Å². The average Bonchev–Trinajstić information content (AvgIpc) is 3.17. The number of carbonyl (C=O) groups is 1. The van der Waals surface area contributed by atoms with Crippen molar-refractivity contribution in [2.24, 2.45) is 0 Å². The van der Waals surface area contributed by atoms with Crippen LogP contribution in [0.2, 0.25) is 0 Å². The molecule has 1 fully saturated rings. The summed E-state index contributed by atoms with van der Waals surface area (Å²) in [5, 5.41) is 4.08. The SMILES string of the molecule is CCCCCS(=O)(=O)CC(=O)N1CCN(Cc2nc(-c3ccccc3C)no2)CC1. The fraction of sp³-hybridized carbons (Fsp3) is 0.571. The molecule has 0 saturated carbocycles. The van der Waals surface area contributed by atoms with E-state index in [1.54, 1.807) is 4.90 Å². The van der Waals surface area contributed by atoms with Crippen molar-refractivity contribution in [2.75, 3.05) is 37.7 Å². The number of aryl methyl sites for hydroxylation is 1. The molecule has 9 heteroatoms. The minimum absolute atomic E-state index is 0.0902. The number of carbonyl (C=O) groups excluding carboxylic acids is 1. The Morgan fingerprint density at radius 3 is 2.57 bits per heavy atom. The van der Waals surface area contributed by atoms with Crippen LogP contribution in [-0.4, -0.2) is 72.0 Å². The largest absolute Gasteiger partial charge is 0.339 e. The van der Waals surface area contributed by atoms with Crippen LogP contribution in [0.15, 0.2) is 28.8 Å². The number of sulfone groups is 1. The first-order valence-electron chi connectivity index (χ1n) is 10.5. The summed E-state index contributed by atoms with van der Waals surface area (Å²) >= 11 is 0. The second kappa shape index (κ2) is 10.2. The van der Waals surface area contributed by atoms with E-state index < -0.39 is 9.84 Å². The highest BCUT2D eigenvalue weighted by atomic mass is 32.2.